The highest BCUT2D eigenvalue weighted by molar-refractivity contribution is 5.91. The van der Waals surface area contributed by atoms with Gasteiger partial charge in [0.1, 0.15) is 36.2 Å². The number of hydrogen-bond donors (Lipinski definition) is 2. The lowest BCUT2D eigenvalue weighted by molar-refractivity contribution is -0.385. The van der Waals surface area contributed by atoms with Gasteiger partial charge in [-0.15, -0.1) is 0 Å². The number of carbonyl (C=O) groups excluding carboxylic acids is 2. The van der Waals surface area contributed by atoms with Gasteiger partial charge < -0.3 is 29.2 Å². The van der Waals surface area contributed by atoms with E-state index in [0.717, 1.165) is 44.5 Å². The topological polar surface area (TPSA) is 198 Å². The second-order valence-electron chi connectivity index (χ2n) is 24.1. The number of hydrogen-bond acceptors (Lipinski definition) is 12. The van der Waals surface area contributed by atoms with Crippen molar-refractivity contribution in [2.75, 3.05) is 14.2 Å². The summed E-state index contributed by atoms with van der Waals surface area (Å²) in [6.45, 7) is 25.0. The molecular weight excluding hydrogens is 965 g/mol. The van der Waals surface area contributed by atoms with Crippen LogP contribution in [0.2, 0.25) is 0 Å². The van der Waals surface area contributed by atoms with E-state index in [9.17, 15) is 40.0 Å². The van der Waals surface area contributed by atoms with E-state index < -0.39 is 32.6 Å². The normalized spacial score (nSPS) is 12.9. The SMILES string of the molecule is COC(=O)c1cc(COc2c3cc(C(C)(C)C)cc2Cc2cc(C(C)(C)C)cc(c2O)Cc2cc(C(C)(C)C)cc(c2OCc2cc(C(=O)OC)cc([N+](=O)[O-])c2)Cc2cc(C(C)(C)C)cc(c2O)C3)cc([N+](=O)[O-])c1. The van der Waals surface area contributed by atoms with Crippen LogP contribution in [0, 0.1) is 20.2 Å². The van der Waals surface area contributed by atoms with Gasteiger partial charge in [-0.05, 0) is 112 Å². The maximum atomic E-state index is 12.8. The molecule has 0 unspecified atom stereocenters. The molecule has 2 N–H and O–H groups in total. The summed E-state index contributed by atoms with van der Waals surface area (Å²) in [6.07, 6.45) is 0.732. The molecule has 0 atom stereocenters. The van der Waals surface area contributed by atoms with Crippen molar-refractivity contribution in [3.8, 4) is 23.0 Å². The molecule has 0 aliphatic heterocycles. The van der Waals surface area contributed by atoms with Gasteiger partial charge in [0.15, 0.2) is 0 Å². The van der Waals surface area contributed by atoms with Crippen LogP contribution in [0.15, 0.2) is 84.9 Å². The Morgan fingerprint density at radius 1 is 0.434 bits per heavy atom. The number of nitro groups is 2. The quantitative estimate of drug-likeness (QED) is 0.0748. The number of nitrogens with zero attached hydrogens (tertiary/aromatic N) is 2. The largest absolute Gasteiger partial charge is 0.507 e. The first kappa shape index (κ1) is 56.0. The molecule has 0 fully saturated rings. The van der Waals surface area contributed by atoms with Gasteiger partial charge >= 0.3 is 11.9 Å². The lowest BCUT2D eigenvalue weighted by Crippen LogP contribution is -2.17. The molecule has 6 aromatic carbocycles. The maximum absolute atomic E-state index is 12.8. The minimum atomic E-state index is -0.736. The smallest absolute Gasteiger partial charge is 0.338 e. The van der Waals surface area contributed by atoms with Gasteiger partial charge in [-0.3, -0.25) is 20.2 Å². The van der Waals surface area contributed by atoms with Crippen LogP contribution in [-0.4, -0.2) is 46.2 Å². The predicted octanol–water partition coefficient (Wildman–Crippen LogP) is 13.5. The van der Waals surface area contributed by atoms with Crippen LogP contribution in [-0.2, 0) is 70.0 Å². The maximum Gasteiger partial charge on any atom is 0.338 e. The van der Waals surface area contributed by atoms with Crippen molar-refractivity contribution in [3.05, 3.63) is 194 Å². The number of ether oxygens (including phenoxy) is 4. The fourth-order valence-electron chi connectivity index (χ4n) is 9.52. The van der Waals surface area contributed by atoms with Crippen molar-refractivity contribution in [3.63, 3.8) is 0 Å². The molecule has 14 nitrogen and oxygen atoms in total. The van der Waals surface area contributed by atoms with Crippen LogP contribution < -0.4 is 9.47 Å². The Morgan fingerprint density at radius 3 is 0.908 bits per heavy atom. The number of rotatable bonds is 10. The number of benzene rings is 6. The van der Waals surface area contributed by atoms with E-state index in [1.165, 1.54) is 50.6 Å². The van der Waals surface area contributed by atoms with E-state index in [4.69, 9.17) is 18.9 Å². The van der Waals surface area contributed by atoms with Crippen LogP contribution in [0.1, 0.15) is 182 Å². The van der Waals surface area contributed by atoms with Gasteiger partial charge in [-0.2, -0.15) is 0 Å². The molecular formula is C62H70N2O12. The van der Waals surface area contributed by atoms with Crippen LogP contribution in [0.3, 0.4) is 0 Å². The molecule has 8 bridgehead atoms. The van der Waals surface area contributed by atoms with Gasteiger partial charge in [-0.1, -0.05) is 132 Å². The molecule has 0 saturated heterocycles. The summed E-state index contributed by atoms with van der Waals surface area (Å²) >= 11 is 0. The first-order chi connectivity index (χ1) is 35.3. The predicted molar refractivity (Wildman–Crippen MR) is 293 cm³/mol. The molecule has 1 aliphatic carbocycles. The minimum Gasteiger partial charge on any atom is -0.507 e. The highest BCUT2D eigenvalue weighted by atomic mass is 16.6. The highest BCUT2D eigenvalue weighted by Crippen LogP contribution is 2.44. The first-order valence-electron chi connectivity index (χ1n) is 25.4. The van der Waals surface area contributed by atoms with E-state index in [2.05, 4.69) is 107 Å². The van der Waals surface area contributed by atoms with Crippen LogP contribution >= 0.6 is 0 Å². The van der Waals surface area contributed by atoms with E-state index in [1.807, 2.05) is 24.3 Å². The van der Waals surface area contributed by atoms with Gasteiger partial charge in [0.25, 0.3) is 11.4 Å². The van der Waals surface area contributed by atoms with Crippen molar-refractivity contribution in [2.24, 2.45) is 0 Å². The number of esters is 2. The molecule has 14 heteroatoms. The highest BCUT2D eigenvalue weighted by Gasteiger charge is 2.30. The second kappa shape index (κ2) is 21.1. The molecule has 0 heterocycles. The van der Waals surface area contributed by atoms with Crippen molar-refractivity contribution >= 4 is 23.3 Å². The van der Waals surface area contributed by atoms with Crippen molar-refractivity contribution in [2.45, 2.75) is 144 Å². The summed E-state index contributed by atoms with van der Waals surface area (Å²) in [7, 11) is 2.42. The van der Waals surface area contributed by atoms with E-state index in [1.54, 1.807) is 0 Å². The zero-order valence-electron chi connectivity index (χ0n) is 46.2. The van der Waals surface area contributed by atoms with Crippen molar-refractivity contribution in [1.29, 1.82) is 0 Å². The number of methoxy groups -OCH3 is 2. The number of non-ortho nitro benzene ring substituents is 2. The summed E-state index contributed by atoms with van der Waals surface area (Å²) < 4.78 is 23.7. The molecule has 7 rings (SSSR count). The Hall–Kier alpha value is -7.74. The zero-order chi connectivity index (χ0) is 56.0. The number of nitro benzene ring substituents is 2. The fourth-order valence-corrected chi connectivity index (χ4v) is 9.52. The Bertz CT molecular complexity index is 2970. The average molecular weight is 1040 g/mol. The van der Waals surface area contributed by atoms with E-state index in [-0.39, 0.29) is 83.7 Å². The number of fused-ring (bicyclic) bond motifs is 8. The third-order valence-corrected chi connectivity index (χ3v) is 14.0. The van der Waals surface area contributed by atoms with Crippen LogP contribution in [0.5, 0.6) is 23.0 Å². The standard InChI is InChI=1S/C62H70N2O12/c1-59(2,3)47-23-37-19-41-27-49(61(7,8)9)29-43(55(41)75-33-35-15-45(57(67)73-13)31-51(17-35)63(69)70)21-39-25-48(60(4,5)6)26-40(54(39)66)22-44-30-50(62(10,11)12)28-42(20-38(24-47)53(37)65)56(44)76-34-36-16-46(58(68)74-14)32-52(18-36)64(71)72/h15-18,23-32,65-66H,19-22,33-34H2,1-14H3. The Labute approximate surface area is 445 Å². The zero-order valence-corrected chi connectivity index (χ0v) is 46.2. The third kappa shape index (κ3) is 12.5. The molecule has 0 radical (unpaired) electrons. The number of carbonyl (C=O) groups is 2. The van der Waals surface area contributed by atoms with Gasteiger partial charge in [0.2, 0.25) is 0 Å². The first-order valence-corrected chi connectivity index (χ1v) is 25.4. The number of aromatic hydroxyl groups is 2. The summed E-state index contributed by atoms with van der Waals surface area (Å²) in [4.78, 5) is 48.7. The van der Waals surface area contributed by atoms with Crippen molar-refractivity contribution in [1.82, 2.24) is 0 Å². The molecule has 1 aliphatic rings. The third-order valence-electron chi connectivity index (χ3n) is 14.0. The lowest BCUT2D eigenvalue weighted by atomic mass is 9.79. The van der Waals surface area contributed by atoms with E-state index in [0.29, 0.717) is 44.9 Å². The Kier molecular flexibility index (Phi) is 15.6. The molecule has 0 amide bonds. The molecule has 0 saturated carbocycles. The van der Waals surface area contributed by atoms with Gasteiger partial charge in [0, 0.05) is 49.9 Å². The molecule has 6 aromatic rings. The van der Waals surface area contributed by atoms with Crippen molar-refractivity contribution < 1.29 is 48.6 Å². The summed E-state index contributed by atoms with van der Waals surface area (Å²) in [5.41, 5.74) is 7.74. The molecule has 0 aromatic heterocycles. The van der Waals surface area contributed by atoms with Crippen LogP contribution in [0.25, 0.3) is 0 Å². The summed E-state index contributed by atoms with van der Waals surface area (Å²) in [6, 6.07) is 24.4. The Morgan fingerprint density at radius 2 is 0.684 bits per heavy atom. The summed E-state index contributed by atoms with van der Waals surface area (Å²) in [5, 5.41) is 49.8. The number of phenolic OH excluding ortho intramolecular Hbond substituents is 2. The fraction of sp³-hybridized carbons (Fsp3) is 0.387. The summed E-state index contributed by atoms with van der Waals surface area (Å²) in [5.74, 6) is -0.434. The minimum absolute atomic E-state index is 0.00192. The number of phenols is 2. The van der Waals surface area contributed by atoms with Gasteiger partial charge in [0.05, 0.1) is 35.2 Å². The van der Waals surface area contributed by atoms with Crippen LogP contribution in [0.4, 0.5) is 11.4 Å². The van der Waals surface area contributed by atoms with E-state index >= 15 is 0 Å². The monoisotopic (exact) mass is 1030 g/mol. The second-order valence-corrected chi connectivity index (χ2v) is 24.1. The average Bonchev–Trinajstić information content (AvgIpc) is 3.33. The van der Waals surface area contributed by atoms with Gasteiger partial charge in [-0.25, -0.2) is 9.59 Å². The molecule has 0 spiro atoms. The molecule has 400 valence electrons. The molecule has 76 heavy (non-hydrogen) atoms. The Balaban J connectivity index is 1.54. The lowest BCUT2D eigenvalue weighted by Gasteiger charge is -2.28.